The largest absolute Gasteiger partial charge is 0.481 e. The summed E-state index contributed by atoms with van der Waals surface area (Å²) in [5.41, 5.74) is 0.881. The Morgan fingerprint density at radius 1 is 1.33 bits per heavy atom. The van der Waals surface area contributed by atoms with E-state index in [1.54, 1.807) is 4.90 Å². The Bertz CT molecular complexity index is 492. The van der Waals surface area contributed by atoms with Crippen molar-refractivity contribution in [2.24, 2.45) is 0 Å². The van der Waals surface area contributed by atoms with Gasteiger partial charge >= 0.3 is 12.0 Å². The normalized spacial score (nSPS) is 19.3. The van der Waals surface area contributed by atoms with Crippen molar-refractivity contribution in [3.63, 3.8) is 0 Å². The number of aliphatic hydroxyl groups is 1. The molecule has 0 bridgehead atoms. The van der Waals surface area contributed by atoms with Gasteiger partial charge in [-0.15, -0.1) is 0 Å². The predicted molar refractivity (Wildman–Crippen MR) is 76.8 cm³/mol. The Kier molecular flexibility index (Phi) is 5.16. The summed E-state index contributed by atoms with van der Waals surface area (Å²) in [6.45, 7) is 0.847. The first-order chi connectivity index (χ1) is 10.1. The second-order valence-electron chi connectivity index (χ2n) is 5.23. The van der Waals surface area contributed by atoms with Crippen LogP contribution in [0.3, 0.4) is 0 Å². The van der Waals surface area contributed by atoms with Gasteiger partial charge in [0.25, 0.3) is 0 Å². The van der Waals surface area contributed by atoms with Crippen molar-refractivity contribution < 1.29 is 19.8 Å². The van der Waals surface area contributed by atoms with Crippen molar-refractivity contribution in [2.75, 3.05) is 13.1 Å². The van der Waals surface area contributed by atoms with Gasteiger partial charge in [-0.2, -0.15) is 0 Å². The standard InChI is InChI=1S/C15H20N2O4/c18-12-8-9-17(10-12)15(21)16-13(6-7-14(19)20)11-4-2-1-3-5-11/h1-5,12-13,18H,6-10H2,(H,16,21)(H,19,20). The molecule has 1 heterocycles. The van der Waals surface area contributed by atoms with Crippen molar-refractivity contribution in [1.29, 1.82) is 0 Å². The lowest BCUT2D eigenvalue weighted by Gasteiger charge is -2.23. The number of nitrogens with one attached hydrogen (secondary N) is 1. The highest BCUT2D eigenvalue weighted by atomic mass is 16.4. The van der Waals surface area contributed by atoms with Gasteiger partial charge in [0.15, 0.2) is 0 Å². The SMILES string of the molecule is O=C(O)CCC(NC(=O)N1CCC(O)C1)c1ccccc1. The number of amides is 2. The summed E-state index contributed by atoms with van der Waals surface area (Å²) in [6.07, 6.45) is 0.438. The lowest BCUT2D eigenvalue weighted by Crippen LogP contribution is -2.40. The van der Waals surface area contributed by atoms with Crippen LogP contribution in [0.2, 0.25) is 0 Å². The lowest BCUT2D eigenvalue weighted by molar-refractivity contribution is -0.137. The first-order valence-corrected chi connectivity index (χ1v) is 7.06. The third kappa shape index (κ3) is 4.46. The fourth-order valence-corrected chi connectivity index (χ4v) is 2.44. The molecule has 1 aliphatic rings. The van der Waals surface area contributed by atoms with Gasteiger partial charge in [0.1, 0.15) is 0 Å². The van der Waals surface area contributed by atoms with Crippen LogP contribution in [0, 0.1) is 0 Å². The molecule has 0 radical (unpaired) electrons. The number of carboxylic acids is 1. The summed E-state index contributed by atoms with van der Waals surface area (Å²) < 4.78 is 0. The highest BCUT2D eigenvalue weighted by Crippen LogP contribution is 2.19. The summed E-state index contributed by atoms with van der Waals surface area (Å²) in [5.74, 6) is -0.887. The number of carboxylic acid groups (broad SMARTS) is 1. The molecular weight excluding hydrogens is 272 g/mol. The van der Waals surface area contributed by atoms with Gasteiger partial charge in [-0.25, -0.2) is 4.79 Å². The minimum Gasteiger partial charge on any atom is -0.481 e. The molecular formula is C15H20N2O4. The summed E-state index contributed by atoms with van der Waals surface area (Å²) in [6, 6.07) is 8.72. The van der Waals surface area contributed by atoms with Gasteiger partial charge in [-0.3, -0.25) is 4.79 Å². The minimum atomic E-state index is -0.887. The first-order valence-electron chi connectivity index (χ1n) is 7.06. The van der Waals surface area contributed by atoms with E-state index in [2.05, 4.69) is 5.32 Å². The zero-order chi connectivity index (χ0) is 15.2. The number of nitrogens with zero attached hydrogens (tertiary/aromatic N) is 1. The van der Waals surface area contributed by atoms with Crippen LogP contribution in [0.25, 0.3) is 0 Å². The number of urea groups is 1. The molecule has 2 unspecified atom stereocenters. The zero-order valence-corrected chi connectivity index (χ0v) is 11.7. The molecule has 1 aromatic rings. The van der Waals surface area contributed by atoms with E-state index in [9.17, 15) is 14.7 Å². The Hall–Kier alpha value is -2.08. The van der Waals surface area contributed by atoms with E-state index in [0.717, 1.165) is 5.56 Å². The molecule has 0 saturated carbocycles. The number of aliphatic hydroxyl groups excluding tert-OH is 1. The molecule has 6 heteroatoms. The smallest absolute Gasteiger partial charge is 0.317 e. The number of hydrogen-bond acceptors (Lipinski definition) is 3. The van der Waals surface area contributed by atoms with Gasteiger partial charge in [0.05, 0.1) is 12.1 Å². The van der Waals surface area contributed by atoms with Crippen LogP contribution < -0.4 is 5.32 Å². The molecule has 114 valence electrons. The second kappa shape index (κ2) is 7.08. The van der Waals surface area contributed by atoms with Gasteiger partial charge in [0, 0.05) is 19.5 Å². The maximum absolute atomic E-state index is 12.2. The summed E-state index contributed by atoms with van der Waals surface area (Å²) in [4.78, 5) is 24.5. The number of aliphatic carboxylic acids is 1. The maximum Gasteiger partial charge on any atom is 0.317 e. The van der Waals surface area contributed by atoms with Crippen LogP contribution in [-0.2, 0) is 4.79 Å². The Morgan fingerprint density at radius 3 is 2.62 bits per heavy atom. The summed E-state index contributed by atoms with van der Waals surface area (Å²) in [5, 5.41) is 21.2. The van der Waals surface area contributed by atoms with Crippen molar-refractivity contribution in [3.8, 4) is 0 Å². The lowest BCUT2D eigenvalue weighted by atomic mass is 10.0. The number of hydrogen-bond donors (Lipinski definition) is 3. The molecule has 0 aliphatic carbocycles. The van der Waals surface area contributed by atoms with Crippen molar-refractivity contribution >= 4 is 12.0 Å². The van der Waals surface area contributed by atoms with Gasteiger partial charge < -0.3 is 20.4 Å². The Balaban J connectivity index is 2.01. The number of likely N-dealkylation sites (tertiary alicyclic amines) is 1. The number of carbonyl (C=O) groups is 2. The van der Waals surface area contributed by atoms with Crippen molar-refractivity contribution in [2.45, 2.75) is 31.4 Å². The molecule has 2 atom stereocenters. The van der Waals surface area contributed by atoms with Crippen LogP contribution in [-0.4, -0.2) is 46.3 Å². The zero-order valence-electron chi connectivity index (χ0n) is 11.7. The van der Waals surface area contributed by atoms with Crippen LogP contribution in [0.4, 0.5) is 4.79 Å². The van der Waals surface area contributed by atoms with E-state index in [0.29, 0.717) is 25.9 Å². The average molecular weight is 292 g/mol. The maximum atomic E-state index is 12.2. The van der Waals surface area contributed by atoms with Crippen molar-refractivity contribution in [3.05, 3.63) is 35.9 Å². The second-order valence-corrected chi connectivity index (χ2v) is 5.23. The first kappa shape index (κ1) is 15.3. The highest BCUT2D eigenvalue weighted by molar-refractivity contribution is 5.75. The summed E-state index contributed by atoms with van der Waals surface area (Å²) in [7, 11) is 0. The molecule has 1 fully saturated rings. The number of carbonyl (C=O) groups excluding carboxylic acids is 1. The Morgan fingerprint density at radius 2 is 2.05 bits per heavy atom. The van der Waals surface area contributed by atoms with Crippen LogP contribution >= 0.6 is 0 Å². The minimum absolute atomic E-state index is 0.0114. The van der Waals surface area contributed by atoms with E-state index in [1.165, 1.54) is 0 Å². The summed E-state index contributed by atoms with van der Waals surface area (Å²) >= 11 is 0. The third-order valence-electron chi connectivity index (χ3n) is 3.60. The molecule has 1 saturated heterocycles. The predicted octanol–water partition coefficient (Wildman–Crippen LogP) is 1.37. The molecule has 1 aliphatic heterocycles. The monoisotopic (exact) mass is 292 g/mol. The molecule has 2 rings (SSSR count). The molecule has 2 amide bonds. The quantitative estimate of drug-likeness (QED) is 0.764. The molecule has 21 heavy (non-hydrogen) atoms. The number of rotatable bonds is 5. The van der Waals surface area contributed by atoms with E-state index in [-0.39, 0.29) is 18.5 Å². The van der Waals surface area contributed by atoms with E-state index in [4.69, 9.17) is 5.11 Å². The van der Waals surface area contributed by atoms with Gasteiger partial charge in [-0.05, 0) is 18.4 Å². The fraction of sp³-hybridized carbons (Fsp3) is 0.467. The van der Waals surface area contributed by atoms with Crippen LogP contribution in [0.5, 0.6) is 0 Å². The molecule has 6 nitrogen and oxygen atoms in total. The highest BCUT2D eigenvalue weighted by Gasteiger charge is 2.26. The fourth-order valence-electron chi connectivity index (χ4n) is 2.44. The molecule has 1 aromatic carbocycles. The van der Waals surface area contributed by atoms with E-state index >= 15 is 0 Å². The molecule has 0 aromatic heterocycles. The van der Waals surface area contributed by atoms with Crippen LogP contribution in [0.15, 0.2) is 30.3 Å². The van der Waals surface area contributed by atoms with Gasteiger partial charge in [-0.1, -0.05) is 30.3 Å². The molecule has 0 spiro atoms. The van der Waals surface area contributed by atoms with E-state index in [1.807, 2.05) is 30.3 Å². The average Bonchev–Trinajstić information content (AvgIpc) is 2.90. The molecule has 3 N–H and O–H groups in total. The van der Waals surface area contributed by atoms with Crippen LogP contribution in [0.1, 0.15) is 30.9 Å². The third-order valence-corrected chi connectivity index (χ3v) is 3.60. The van der Waals surface area contributed by atoms with Gasteiger partial charge in [0.2, 0.25) is 0 Å². The number of β-amino-alcohol motifs (C(OH)–C–C–N with tert-alkyl or cyclic N) is 1. The topological polar surface area (TPSA) is 89.9 Å². The van der Waals surface area contributed by atoms with Crippen molar-refractivity contribution in [1.82, 2.24) is 10.2 Å². The number of benzene rings is 1. The van der Waals surface area contributed by atoms with E-state index < -0.39 is 12.1 Å². The Labute approximate surface area is 123 Å².